The molecule has 0 bridgehead atoms. The van der Waals surface area contributed by atoms with Crippen molar-refractivity contribution in [1.82, 2.24) is 18.9 Å². The first kappa shape index (κ1) is 32.5. The van der Waals surface area contributed by atoms with Gasteiger partial charge in [-0.1, -0.05) is 6.07 Å². The monoisotopic (exact) mass is 652 g/mol. The first-order valence-electron chi connectivity index (χ1n) is 14.4. The van der Waals surface area contributed by atoms with E-state index in [1.165, 1.54) is 41.8 Å². The Hall–Kier alpha value is -2.92. The molecule has 44 heavy (non-hydrogen) atoms. The van der Waals surface area contributed by atoms with E-state index in [1.54, 1.807) is 16.7 Å². The number of rotatable bonds is 11. The summed E-state index contributed by atoms with van der Waals surface area (Å²) in [5, 5.41) is 13.7. The van der Waals surface area contributed by atoms with Gasteiger partial charge in [0.15, 0.2) is 0 Å². The van der Waals surface area contributed by atoms with Crippen molar-refractivity contribution >= 4 is 30.9 Å². The summed E-state index contributed by atoms with van der Waals surface area (Å²) >= 11 is 0. The highest BCUT2D eigenvalue weighted by atomic mass is 32.2. The third-order valence-electron chi connectivity index (χ3n) is 8.28. The molecular formula is C29H37FN4O8S2. The van der Waals surface area contributed by atoms with Gasteiger partial charge in [-0.3, -0.25) is 4.79 Å². The maximum absolute atomic E-state index is 13.9. The van der Waals surface area contributed by atoms with Gasteiger partial charge in [-0.25, -0.2) is 25.9 Å². The third-order valence-corrected chi connectivity index (χ3v) is 11.6. The molecule has 2 unspecified atom stereocenters. The number of fused-ring (bicyclic) bond motifs is 1. The molecule has 2 fully saturated rings. The quantitative estimate of drug-likeness (QED) is 0.279. The first-order valence-corrected chi connectivity index (χ1v) is 17.3. The van der Waals surface area contributed by atoms with Crippen LogP contribution in [0.3, 0.4) is 0 Å². The molecule has 240 valence electrons. The van der Waals surface area contributed by atoms with E-state index in [1.807, 2.05) is 6.92 Å². The second kappa shape index (κ2) is 12.8. The van der Waals surface area contributed by atoms with Crippen LogP contribution in [0.2, 0.25) is 0 Å². The maximum atomic E-state index is 13.9. The normalized spacial score (nSPS) is 19.9. The van der Waals surface area contributed by atoms with Crippen molar-refractivity contribution in [3.63, 3.8) is 0 Å². The number of aliphatic hydroxyl groups is 1. The van der Waals surface area contributed by atoms with Crippen LogP contribution in [0.15, 0.2) is 63.2 Å². The van der Waals surface area contributed by atoms with Gasteiger partial charge in [0.2, 0.25) is 25.5 Å². The van der Waals surface area contributed by atoms with Crippen molar-refractivity contribution in [3.8, 4) is 5.75 Å². The smallest absolute Gasteiger partial charge is 0.248 e. The molecule has 1 aromatic heterocycles. The van der Waals surface area contributed by atoms with Gasteiger partial charge in [0.1, 0.15) is 29.2 Å². The van der Waals surface area contributed by atoms with Gasteiger partial charge in [-0.15, -0.1) is 0 Å². The zero-order chi connectivity index (χ0) is 31.7. The number of nitrogens with zero attached hydrogens (tertiary/aromatic N) is 2. The average molecular weight is 653 g/mol. The Kier molecular flexibility index (Phi) is 9.47. The van der Waals surface area contributed by atoms with Crippen LogP contribution in [-0.2, 0) is 31.3 Å². The summed E-state index contributed by atoms with van der Waals surface area (Å²) in [7, 11) is -6.43. The fourth-order valence-corrected chi connectivity index (χ4v) is 8.10. The van der Waals surface area contributed by atoms with Gasteiger partial charge in [0.25, 0.3) is 0 Å². The molecule has 2 aliphatic rings. The van der Waals surface area contributed by atoms with E-state index in [0.717, 1.165) is 6.07 Å². The van der Waals surface area contributed by atoms with Crippen LogP contribution in [0, 0.1) is 5.82 Å². The topological polar surface area (TPSA) is 156 Å². The Balaban J connectivity index is 1.15. The molecule has 5 rings (SSSR count). The van der Waals surface area contributed by atoms with E-state index in [4.69, 9.17) is 9.47 Å². The lowest BCUT2D eigenvalue weighted by molar-refractivity contribution is -0.0312. The molecule has 3 heterocycles. The summed E-state index contributed by atoms with van der Waals surface area (Å²) in [6.07, 6.45) is 1.96. The number of aromatic nitrogens is 1. The highest BCUT2D eigenvalue weighted by Gasteiger charge is 2.45. The third kappa shape index (κ3) is 6.68. The lowest BCUT2D eigenvalue weighted by atomic mass is 9.88. The lowest BCUT2D eigenvalue weighted by Gasteiger charge is -2.38. The second-order valence-corrected chi connectivity index (χ2v) is 14.9. The summed E-state index contributed by atoms with van der Waals surface area (Å²) in [5.74, 6) is -0.296. The summed E-state index contributed by atoms with van der Waals surface area (Å²) in [6.45, 7) is 3.11. The molecule has 3 aromatic rings. The minimum absolute atomic E-state index is 0.0253. The number of pyridine rings is 1. The molecule has 2 aromatic carbocycles. The van der Waals surface area contributed by atoms with Crippen LogP contribution in [-0.4, -0.2) is 88.5 Å². The number of aliphatic hydroxyl groups excluding tert-OH is 1. The second-order valence-electron chi connectivity index (χ2n) is 11.1. The highest BCUT2D eigenvalue weighted by molar-refractivity contribution is 7.89. The van der Waals surface area contributed by atoms with Crippen molar-refractivity contribution in [1.29, 1.82) is 0 Å². The van der Waals surface area contributed by atoms with Gasteiger partial charge in [0, 0.05) is 49.9 Å². The molecule has 15 heteroatoms. The number of piperidine rings is 1. The van der Waals surface area contributed by atoms with Crippen LogP contribution < -0.4 is 20.2 Å². The van der Waals surface area contributed by atoms with Gasteiger partial charge in [0.05, 0.1) is 22.6 Å². The van der Waals surface area contributed by atoms with E-state index >= 15 is 0 Å². The van der Waals surface area contributed by atoms with Crippen molar-refractivity contribution < 1.29 is 35.8 Å². The minimum Gasteiger partial charge on any atom is -0.491 e. The molecular weight excluding hydrogens is 615 g/mol. The molecule has 2 saturated heterocycles. The average Bonchev–Trinajstić information content (AvgIpc) is 3.41. The fourth-order valence-electron chi connectivity index (χ4n) is 5.79. The molecule has 1 spiro atoms. The molecule has 12 nitrogen and oxygen atoms in total. The van der Waals surface area contributed by atoms with Crippen molar-refractivity contribution in [2.24, 2.45) is 0 Å². The molecule has 0 amide bonds. The van der Waals surface area contributed by atoms with Crippen LogP contribution >= 0.6 is 0 Å². The first-order chi connectivity index (χ1) is 20.9. The van der Waals surface area contributed by atoms with Crippen LogP contribution in [0.5, 0.6) is 5.75 Å². The largest absolute Gasteiger partial charge is 0.491 e. The number of hydrogen-bond donors (Lipinski definition) is 3. The predicted octanol–water partition coefficient (Wildman–Crippen LogP) is 1.41. The van der Waals surface area contributed by atoms with Crippen LogP contribution in [0.1, 0.15) is 26.2 Å². The number of aryl methyl sites for hydroxylation is 1. The molecule has 0 aliphatic carbocycles. The van der Waals surface area contributed by atoms with Gasteiger partial charge in [-0.2, -0.15) is 4.31 Å². The van der Waals surface area contributed by atoms with E-state index in [9.17, 15) is 31.1 Å². The zero-order valence-electron chi connectivity index (χ0n) is 24.5. The number of halogens is 1. The Morgan fingerprint density at radius 2 is 1.91 bits per heavy atom. The zero-order valence-corrected chi connectivity index (χ0v) is 26.2. The number of ether oxygens (including phenoxy) is 2. The van der Waals surface area contributed by atoms with Crippen LogP contribution in [0.4, 0.5) is 4.39 Å². The van der Waals surface area contributed by atoms with E-state index in [2.05, 4.69) is 10.0 Å². The standard InChI is InChI=1S/C29H37FN4O8S2/c1-3-33-17-27(28(36)25-13-20(30)7-8-26(25)33)44(39,40)34-11-9-29(10-12-34)15-21(18-42-29)32-16-22(35)19-41-23-5-4-6-24(14-23)43(37,38)31-2/h4-8,13-14,17,21-22,31-32,35H,3,9-12,15-16,18-19H2,1-2H3. The van der Waals surface area contributed by atoms with Gasteiger partial charge >= 0.3 is 0 Å². The Bertz CT molecular complexity index is 1790. The number of nitrogens with one attached hydrogen (secondary N) is 2. The molecule has 0 saturated carbocycles. The Morgan fingerprint density at radius 1 is 1.16 bits per heavy atom. The highest BCUT2D eigenvalue weighted by Crippen LogP contribution is 2.37. The van der Waals surface area contributed by atoms with E-state index in [0.29, 0.717) is 43.7 Å². The van der Waals surface area contributed by atoms with E-state index in [-0.39, 0.29) is 47.5 Å². The molecule has 2 atom stereocenters. The lowest BCUT2D eigenvalue weighted by Crippen LogP contribution is -2.47. The van der Waals surface area contributed by atoms with E-state index < -0.39 is 43.0 Å². The van der Waals surface area contributed by atoms with Crippen molar-refractivity contribution in [3.05, 3.63) is 64.7 Å². The number of sulfonamides is 2. The molecule has 2 aliphatic heterocycles. The van der Waals surface area contributed by atoms with Crippen molar-refractivity contribution in [2.75, 3.05) is 39.9 Å². The Labute approximate surface area is 255 Å². The summed E-state index contributed by atoms with van der Waals surface area (Å²) in [4.78, 5) is 12.9. The van der Waals surface area contributed by atoms with Gasteiger partial charge in [-0.05, 0) is 63.6 Å². The number of hydrogen-bond acceptors (Lipinski definition) is 9. The van der Waals surface area contributed by atoms with Crippen molar-refractivity contribution in [2.45, 2.75) is 60.3 Å². The summed E-state index contributed by atoms with van der Waals surface area (Å²) in [5.41, 5.74) is -0.774. The Morgan fingerprint density at radius 3 is 2.61 bits per heavy atom. The summed E-state index contributed by atoms with van der Waals surface area (Å²) < 4.78 is 82.0. The van der Waals surface area contributed by atoms with Crippen LogP contribution in [0.25, 0.3) is 10.9 Å². The minimum atomic E-state index is -4.13. The molecule has 3 N–H and O–H groups in total. The maximum Gasteiger partial charge on any atom is 0.248 e. The van der Waals surface area contributed by atoms with Gasteiger partial charge < -0.3 is 24.5 Å². The SMILES string of the molecule is CCn1cc(S(=O)(=O)N2CCC3(CC2)CC(NCC(O)COc2cccc(S(=O)(=O)NC)c2)CO3)c(=O)c2cc(F)ccc21. The summed E-state index contributed by atoms with van der Waals surface area (Å²) in [6, 6.07) is 9.72. The predicted molar refractivity (Wildman–Crippen MR) is 161 cm³/mol. The number of benzene rings is 2. The fraction of sp³-hybridized carbons (Fsp3) is 0.483. The molecule has 0 radical (unpaired) electrons.